The fourth-order valence-electron chi connectivity index (χ4n) is 0.755. The molecule has 0 nitrogen and oxygen atoms in total. The number of allylic oxidation sites excluding steroid dienone is 4. The van der Waals surface area contributed by atoms with Crippen molar-refractivity contribution in [3.63, 3.8) is 0 Å². The lowest BCUT2D eigenvalue weighted by Crippen LogP contribution is -2.11. The summed E-state index contributed by atoms with van der Waals surface area (Å²) in [7, 11) is 0. The van der Waals surface area contributed by atoms with Crippen LogP contribution in [0.3, 0.4) is 0 Å². The molecule has 0 aromatic heterocycles. The molecule has 0 radical (unpaired) electrons. The maximum Gasteiger partial charge on any atom is 0.416 e. The molecular formula is C11H15F3. The highest BCUT2D eigenvalue weighted by Gasteiger charge is 2.32. The van der Waals surface area contributed by atoms with Crippen molar-refractivity contribution in [1.29, 1.82) is 0 Å². The first kappa shape index (κ1) is 13.0. The average Bonchev–Trinajstić information content (AvgIpc) is 2.00. The summed E-state index contributed by atoms with van der Waals surface area (Å²) in [5.74, 6) is 0.144. The van der Waals surface area contributed by atoms with E-state index < -0.39 is 11.7 Å². The topological polar surface area (TPSA) is 0 Å². The van der Waals surface area contributed by atoms with Gasteiger partial charge in [0.2, 0.25) is 0 Å². The number of hydrogen-bond acceptors (Lipinski definition) is 0. The molecule has 0 aliphatic rings. The van der Waals surface area contributed by atoms with E-state index in [1.54, 1.807) is 0 Å². The molecule has 0 heterocycles. The summed E-state index contributed by atoms with van der Waals surface area (Å²) in [5, 5.41) is 0. The predicted molar refractivity (Wildman–Crippen MR) is 52.9 cm³/mol. The second-order valence-corrected chi connectivity index (χ2v) is 3.53. The molecule has 0 saturated carbocycles. The van der Waals surface area contributed by atoms with E-state index in [0.717, 1.165) is 0 Å². The van der Waals surface area contributed by atoms with Gasteiger partial charge in [0, 0.05) is 0 Å². The van der Waals surface area contributed by atoms with Crippen LogP contribution in [-0.4, -0.2) is 6.18 Å². The molecule has 0 rings (SSSR count). The van der Waals surface area contributed by atoms with Crippen molar-refractivity contribution < 1.29 is 13.2 Å². The Hall–Kier alpha value is -0.990. The summed E-state index contributed by atoms with van der Waals surface area (Å²) in [5.41, 5.74) is -0.0107. The molecule has 80 valence electrons. The number of halogens is 3. The van der Waals surface area contributed by atoms with Crippen LogP contribution < -0.4 is 0 Å². The molecule has 0 N–H and O–H groups in total. The zero-order chi connectivity index (χ0) is 11.5. The molecule has 0 amide bonds. The summed E-state index contributed by atoms with van der Waals surface area (Å²) in [6.45, 7) is 11.8. The summed E-state index contributed by atoms with van der Waals surface area (Å²) in [4.78, 5) is 0. The van der Waals surface area contributed by atoms with Crippen molar-refractivity contribution >= 4 is 0 Å². The molecular weight excluding hydrogens is 189 g/mol. The molecule has 0 bridgehead atoms. The Labute approximate surface area is 82.8 Å². The van der Waals surface area contributed by atoms with Crippen LogP contribution in [0.4, 0.5) is 13.2 Å². The van der Waals surface area contributed by atoms with Gasteiger partial charge in [-0.25, -0.2) is 0 Å². The molecule has 0 fully saturated rings. The van der Waals surface area contributed by atoms with E-state index in [9.17, 15) is 13.2 Å². The normalized spacial score (nSPS) is 13.2. The van der Waals surface area contributed by atoms with Crippen molar-refractivity contribution in [2.75, 3.05) is 0 Å². The molecule has 0 aromatic carbocycles. The van der Waals surface area contributed by atoms with Crippen molar-refractivity contribution in [2.45, 2.75) is 26.9 Å². The van der Waals surface area contributed by atoms with E-state index in [0.29, 0.717) is 5.57 Å². The van der Waals surface area contributed by atoms with E-state index in [1.807, 2.05) is 13.8 Å². The lowest BCUT2D eigenvalue weighted by Gasteiger charge is -2.12. The molecule has 0 saturated heterocycles. The van der Waals surface area contributed by atoms with E-state index in [2.05, 4.69) is 13.2 Å². The Bertz CT molecular complexity index is 267. The maximum absolute atomic E-state index is 12.2. The second-order valence-electron chi connectivity index (χ2n) is 3.53. The summed E-state index contributed by atoms with van der Waals surface area (Å²) in [6.07, 6.45) is -2.92. The minimum atomic E-state index is -4.35. The van der Waals surface area contributed by atoms with Gasteiger partial charge in [0.15, 0.2) is 0 Å². The SMILES string of the molecule is C=C(/C=C(/C)C(=C)C(F)(F)F)C(C)C. The van der Waals surface area contributed by atoms with Crippen LogP contribution in [0.1, 0.15) is 20.8 Å². The van der Waals surface area contributed by atoms with Gasteiger partial charge in [0.25, 0.3) is 0 Å². The predicted octanol–water partition coefficient (Wildman–Crippen LogP) is 4.26. The third-order valence-corrected chi connectivity index (χ3v) is 1.96. The van der Waals surface area contributed by atoms with Gasteiger partial charge in [-0.05, 0) is 18.4 Å². The van der Waals surface area contributed by atoms with Gasteiger partial charge >= 0.3 is 6.18 Å². The van der Waals surface area contributed by atoms with E-state index >= 15 is 0 Å². The van der Waals surface area contributed by atoms with Crippen molar-refractivity contribution in [3.05, 3.63) is 36.0 Å². The molecule has 0 atom stereocenters. The monoisotopic (exact) mass is 204 g/mol. The number of rotatable bonds is 3. The van der Waals surface area contributed by atoms with Crippen LogP contribution in [-0.2, 0) is 0 Å². The summed E-state index contributed by atoms with van der Waals surface area (Å²) < 4.78 is 36.5. The highest BCUT2D eigenvalue weighted by Crippen LogP contribution is 2.30. The van der Waals surface area contributed by atoms with Gasteiger partial charge in [-0.3, -0.25) is 0 Å². The Morgan fingerprint density at radius 2 is 1.64 bits per heavy atom. The Morgan fingerprint density at radius 3 is 1.93 bits per heavy atom. The lowest BCUT2D eigenvalue weighted by molar-refractivity contribution is -0.0889. The minimum Gasteiger partial charge on any atom is -0.166 e. The molecule has 14 heavy (non-hydrogen) atoms. The van der Waals surface area contributed by atoms with Crippen molar-refractivity contribution in [1.82, 2.24) is 0 Å². The molecule has 0 aliphatic heterocycles. The average molecular weight is 204 g/mol. The van der Waals surface area contributed by atoms with Gasteiger partial charge in [-0.15, -0.1) is 0 Å². The minimum absolute atomic E-state index is 0.121. The van der Waals surface area contributed by atoms with Crippen molar-refractivity contribution in [3.8, 4) is 0 Å². The zero-order valence-corrected chi connectivity index (χ0v) is 8.70. The fourth-order valence-corrected chi connectivity index (χ4v) is 0.755. The highest BCUT2D eigenvalue weighted by atomic mass is 19.4. The molecule has 0 aromatic rings. The first-order valence-electron chi connectivity index (χ1n) is 4.29. The Morgan fingerprint density at radius 1 is 1.21 bits per heavy atom. The van der Waals surface area contributed by atoms with Crippen LogP contribution >= 0.6 is 0 Å². The smallest absolute Gasteiger partial charge is 0.166 e. The molecule has 0 spiro atoms. The van der Waals surface area contributed by atoms with Crippen LogP contribution in [0.15, 0.2) is 36.0 Å². The zero-order valence-electron chi connectivity index (χ0n) is 8.70. The quantitative estimate of drug-likeness (QED) is 0.602. The second kappa shape index (κ2) is 4.49. The Balaban J connectivity index is 4.72. The molecule has 3 heteroatoms. The molecule has 0 aliphatic carbocycles. The van der Waals surface area contributed by atoms with Gasteiger partial charge in [0.05, 0.1) is 5.57 Å². The third kappa shape index (κ3) is 3.81. The first-order valence-corrected chi connectivity index (χ1v) is 4.29. The Kier molecular flexibility index (Phi) is 4.17. The van der Waals surface area contributed by atoms with Gasteiger partial charge in [-0.1, -0.05) is 38.7 Å². The van der Waals surface area contributed by atoms with Crippen LogP contribution in [0, 0.1) is 5.92 Å². The van der Waals surface area contributed by atoms with Gasteiger partial charge < -0.3 is 0 Å². The largest absolute Gasteiger partial charge is 0.416 e. The summed E-state index contributed by atoms with van der Waals surface area (Å²) >= 11 is 0. The van der Waals surface area contributed by atoms with E-state index in [-0.39, 0.29) is 11.5 Å². The summed E-state index contributed by atoms with van der Waals surface area (Å²) in [6, 6.07) is 0. The standard InChI is InChI=1S/C11H15F3/c1-7(2)8(3)6-9(4)10(5)11(12,13)14/h6-7H,3,5H2,1-2,4H3/b9-6-. The van der Waals surface area contributed by atoms with E-state index in [4.69, 9.17) is 0 Å². The van der Waals surface area contributed by atoms with Crippen LogP contribution in [0.5, 0.6) is 0 Å². The van der Waals surface area contributed by atoms with Crippen LogP contribution in [0.25, 0.3) is 0 Å². The number of hydrogen-bond donors (Lipinski definition) is 0. The third-order valence-electron chi connectivity index (χ3n) is 1.96. The first-order chi connectivity index (χ1) is 6.16. The van der Waals surface area contributed by atoms with Crippen LogP contribution in [0.2, 0.25) is 0 Å². The highest BCUT2D eigenvalue weighted by molar-refractivity contribution is 5.36. The van der Waals surface area contributed by atoms with Gasteiger partial charge in [-0.2, -0.15) is 13.2 Å². The fraction of sp³-hybridized carbons (Fsp3) is 0.455. The lowest BCUT2D eigenvalue weighted by atomic mass is 10.00. The van der Waals surface area contributed by atoms with Gasteiger partial charge in [0.1, 0.15) is 0 Å². The maximum atomic E-state index is 12.2. The van der Waals surface area contributed by atoms with E-state index in [1.165, 1.54) is 13.0 Å². The molecule has 0 unspecified atom stereocenters. The van der Waals surface area contributed by atoms with Crippen molar-refractivity contribution in [2.24, 2.45) is 5.92 Å². The number of alkyl halides is 3.